The van der Waals surface area contributed by atoms with Crippen molar-refractivity contribution in [2.24, 2.45) is 0 Å². The van der Waals surface area contributed by atoms with Crippen LogP contribution in [0.1, 0.15) is 18.5 Å². The highest BCUT2D eigenvalue weighted by Crippen LogP contribution is 2.27. The Kier molecular flexibility index (Phi) is 5.72. The number of nitrogens with one attached hydrogen (secondary N) is 1. The lowest BCUT2D eigenvalue weighted by molar-refractivity contribution is -0.141. The molecule has 1 unspecified atom stereocenters. The van der Waals surface area contributed by atoms with Crippen LogP contribution >= 0.6 is 0 Å². The van der Waals surface area contributed by atoms with Gasteiger partial charge in [-0.15, -0.1) is 10.2 Å². The van der Waals surface area contributed by atoms with Gasteiger partial charge in [-0.2, -0.15) is 13.2 Å². The molecular weight excluding hydrogens is 317 g/mol. The number of amides is 2. The third-order valence-corrected chi connectivity index (χ3v) is 3.30. The van der Waals surface area contributed by atoms with Crippen molar-refractivity contribution in [3.63, 3.8) is 0 Å². The van der Waals surface area contributed by atoms with Crippen molar-refractivity contribution in [3.05, 3.63) is 17.8 Å². The van der Waals surface area contributed by atoms with Crippen LogP contribution in [0.2, 0.25) is 0 Å². The predicted molar refractivity (Wildman–Crippen MR) is 73.7 cm³/mol. The fraction of sp³-hybridized carbons (Fsp3) is 0.615. The molecule has 1 fully saturated rings. The zero-order valence-electron chi connectivity index (χ0n) is 12.2. The summed E-state index contributed by atoms with van der Waals surface area (Å²) in [5, 5.41) is 17.5. The highest BCUT2D eigenvalue weighted by atomic mass is 19.4. The second-order valence-electron chi connectivity index (χ2n) is 5.04. The molecule has 128 valence electrons. The van der Waals surface area contributed by atoms with E-state index in [2.05, 4.69) is 15.5 Å². The van der Waals surface area contributed by atoms with Crippen molar-refractivity contribution in [2.75, 3.05) is 31.6 Å². The Bertz CT molecular complexity index is 524. The summed E-state index contributed by atoms with van der Waals surface area (Å²) >= 11 is 0. The van der Waals surface area contributed by atoms with Crippen LogP contribution in [-0.4, -0.2) is 58.6 Å². The number of aromatic nitrogens is 2. The molecule has 1 atom stereocenters. The molecule has 10 heteroatoms. The molecule has 1 aromatic heterocycles. The molecule has 0 bridgehead atoms. The van der Waals surface area contributed by atoms with Crippen LogP contribution < -0.4 is 5.32 Å². The van der Waals surface area contributed by atoms with Crippen LogP contribution in [0.4, 0.5) is 23.8 Å². The Morgan fingerprint density at radius 2 is 2.22 bits per heavy atom. The Morgan fingerprint density at radius 3 is 2.83 bits per heavy atom. The van der Waals surface area contributed by atoms with E-state index in [-0.39, 0.29) is 25.1 Å². The number of likely N-dealkylation sites (tertiary alicyclic amines) is 1. The predicted octanol–water partition coefficient (Wildman–Crippen LogP) is 1.50. The second kappa shape index (κ2) is 7.55. The minimum Gasteiger partial charge on any atom is -0.394 e. The van der Waals surface area contributed by atoms with Crippen molar-refractivity contribution >= 4 is 11.8 Å². The molecule has 1 aromatic rings. The number of urea groups is 1. The topological polar surface area (TPSA) is 87.6 Å². The van der Waals surface area contributed by atoms with Crippen LogP contribution in [0.5, 0.6) is 0 Å². The molecule has 0 radical (unpaired) electrons. The first kappa shape index (κ1) is 17.4. The minimum absolute atomic E-state index is 0.0543. The smallest absolute Gasteiger partial charge is 0.394 e. The summed E-state index contributed by atoms with van der Waals surface area (Å²) in [7, 11) is 0. The van der Waals surface area contributed by atoms with Gasteiger partial charge in [0.2, 0.25) is 0 Å². The van der Waals surface area contributed by atoms with E-state index in [9.17, 15) is 18.0 Å². The fourth-order valence-corrected chi connectivity index (χ4v) is 2.22. The highest BCUT2D eigenvalue weighted by molar-refractivity contribution is 5.88. The van der Waals surface area contributed by atoms with Gasteiger partial charge < -0.3 is 14.7 Å². The number of halogens is 3. The number of hydrogen-bond donors (Lipinski definition) is 2. The van der Waals surface area contributed by atoms with Crippen molar-refractivity contribution in [1.29, 1.82) is 0 Å². The number of rotatable bonds is 4. The van der Waals surface area contributed by atoms with Gasteiger partial charge in [0.05, 0.1) is 19.3 Å². The Morgan fingerprint density at radius 1 is 1.43 bits per heavy atom. The molecule has 1 aliphatic heterocycles. The number of carbonyl (C=O) groups excluding carboxylic acids is 1. The van der Waals surface area contributed by atoms with E-state index in [1.807, 2.05) is 0 Å². The Labute approximate surface area is 130 Å². The molecule has 2 heterocycles. The molecular formula is C13H17F3N4O3. The number of hydrogen-bond acceptors (Lipinski definition) is 5. The summed E-state index contributed by atoms with van der Waals surface area (Å²) in [6.07, 6.45) is -3.22. The first-order chi connectivity index (χ1) is 10.9. The first-order valence-corrected chi connectivity index (χ1v) is 7.09. The maximum absolute atomic E-state index is 12.4. The van der Waals surface area contributed by atoms with Crippen molar-refractivity contribution < 1.29 is 27.8 Å². The van der Waals surface area contributed by atoms with Crippen molar-refractivity contribution in [1.82, 2.24) is 15.1 Å². The third kappa shape index (κ3) is 5.03. The lowest BCUT2D eigenvalue weighted by Gasteiger charge is -2.32. The maximum atomic E-state index is 12.4. The van der Waals surface area contributed by atoms with Gasteiger partial charge in [0.25, 0.3) is 0 Å². The van der Waals surface area contributed by atoms with Crippen molar-refractivity contribution in [2.45, 2.75) is 25.1 Å². The number of ether oxygens (including phenoxy) is 1. The minimum atomic E-state index is -4.57. The van der Waals surface area contributed by atoms with E-state index < -0.39 is 17.9 Å². The number of aliphatic hydroxyl groups is 1. The van der Waals surface area contributed by atoms with Crippen LogP contribution in [-0.2, 0) is 10.9 Å². The van der Waals surface area contributed by atoms with Crippen LogP contribution in [0.25, 0.3) is 0 Å². The first-order valence-electron chi connectivity index (χ1n) is 7.09. The lowest BCUT2D eigenvalue weighted by Crippen LogP contribution is -2.45. The van der Waals surface area contributed by atoms with E-state index >= 15 is 0 Å². The summed E-state index contributed by atoms with van der Waals surface area (Å²) in [4.78, 5) is 13.6. The maximum Gasteiger partial charge on any atom is 0.435 e. The van der Waals surface area contributed by atoms with Gasteiger partial charge in [-0.05, 0) is 25.0 Å². The van der Waals surface area contributed by atoms with E-state index in [0.29, 0.717) is 13.1 Å². The van der Waals surface area contributed by atoms with Gasteiger partial charge in [0, 0.05) is 13.1 Å². The van der Waals surface area contributed by atoms with Gasteiger partial charge in [-0.25, -0.2) is 4.79 Å². The summed E-state index contributed by atoms with van der Waals surface area (Å²) in [5.74, 6) is -0.0543. The monoisotopic (exact) mass is 334 g/mol. The van der Waals surface area contributed by atoms with E-state index in [1.165, 1.54) is 4.90 Å². The zero-order chi connectivity index (χ0) is 16.9. The lowest BCUT2D eigenvalue weighted by atomic mass is 10.1. The molecule has 0 aliphatic carbocycles. The molecule has 0 aromatic carbocycles. The highest BCUT2D eigenvalue weighted by Gasteiger charge is 2.33. The van der Waals surface area contributed by atoms with Gasteiger partial charge >= 0.3 is 12.2 Å². The number of piperidine rings is 1. The van der Waals surface area contributed by atoms with Gasteiger partial charge in [0.15, 0.2) is 11.5 Å². The molecule has 0 saturated carbocycles. The molecule has 7 nitrogen and oxygen atoms in total. The number of carbonyl (C=O) groups is 1. The number of alkyl halides is 3. The average Bonchev–Trinajstić information content (AvgIpc) is 2.53. The molecule has 2 N–H and O–H groups in total. The summed E-state index contributed by atoms with van der Waals surface area (Å²) in [5.41, 5.74) is -1.12. The molecule has 0 spiro atoms. The van der Waals surface area contributed by atoms with Gasteiger partial charge in [0.1, 0.15) is 0 Å². The van der Waals surface area contributed by atoms with Crippen LogP contribution in [0.15, 0.2) is 12.1 Å². The third-order valence-electron chi connectivity index (χ3n) is 3.30. The van der Waals surface area contributed by atoms with Crippen LogP contribution in [0, 0.1) is 0 Å². The Hall–Kier alpha value is -1.94. The molecule has 2 amide bonds. The van der Waals surface area contributed by atoms with Gasteiger partial charge in [-0.1, -0.05) is 0 Å². The van der Waals surface area contributed by atoms with Crippen LogP contribution in [0.3, 0.4) is 0 Å². The van der Waals surface area contributed by atoms with Crippen molar-refractivity contribution in [3.8, 4) is 0 Å². The quantitative estimate of drug-likeness (QED) is 0.871. The Balaban J connectivity index is 1.90. The SMILES string of the molecule is O=C(Nc1ccc(C(F)(F)F)nn1)N1CCCC(OCCO)C1. The van der Waals surface area contributed by atoms with E-state index in [0.717, 1.165) is 25.0 Å². The summed E-state index contributed by atoms with van der Waals surface area (Å²) < 4.78 is 42.6. The number of nitrogens with zero attached hydrogens (tertiary/aromatic N) is 3. The largest absolute Gasteiger partial charge is 0.435 e. The standard InChI is InChI=1S/C13H17F3N4O3/c14-13(15,16)10-3-4-11(19-18-10)17-12(22)20-5-1-2-9(8-20)23-7-6-21/h3-4,9,21H,1-2,5-8H2,(H,17,19,22). The molecule has 23 heavy (non-hydrogen) atoms. The molecule has 1 saturated heterocycles. The van der Waals surface area contributed by atoms with E-state index in [4.69, 9.17) is 9.84 Å². The summed E-state index contributed by atoms with van der Waals surface area (Å²) in [6.45, 7) is 0.965. The van der Waals surface area contributed by atoms with E-state index in [1.54, 1.807) is 0 Å². The normalized spacial score (nSPS) is 18.8. The number of anilines is 1. The second-order valence-corrected chi connectivity index (χ2v) is 5.04. The fourth-order valence-electron chi connectivity index (χ4n) is 2.22. The number of aliphatic hydroxyl groups excluding tert-OH is 1. The zero-order valence-corrected chi connectivity index (χ0v) is 12.2. The van der Waals surface area contributed by atoms with Gasteiger partial charge in [-0.3, -0.25) is 5.32 Å². The molecule has 1 aliphatic rings. The summed E-state index contributed by atoms with van der Waals surface area (Å²) in [6, 6.07) is 1.33. The average molecular weight is 334 g/mol. The molecule has 2 rings (SSSR count).